The zero-order chi connectivity index (χ0) is 15.2. The summed E-state index contributed by atoms with van der Waals surface area (Å²) in [4.78, 5) is 13.9. The van der Waals surface area contributed by atoms with Gasteiger partial charge in [-0.15, -0.1) is 0 Å². The maximum Gasteiger partial charge on any atom is 0.308 e. The van der Waals surface area contributed by atoms with Crippen LogP contribution >= 0.6 is 0 Å². The minimum atomic E-state index is -0.646. The maximum absolute atomic E-state index is 11.6. The van der Waals surface area contributed by atoms with Crippen molar-refractivity contribution in [1.82, 2.24) is 4.90 Å². The summed E-state index contributed by atoms with van der Waals surface area (Å²) in [5.41, 5.74) is 0. The van der Waals surface area contributed by atoms with Crippen molar-refractivity contribution in [2.24, 2.45) is 11.8 Å². The van der Waals surface area contributed by atoms with Gasteiger partial charge in [-0.2, -0.15) is 0 Å². The van der Waals surface area contributed by atoms with Crippen LogP contribution < -0.4 is 0 Å². The topological polar surface area (TPSA) is 53.7 Å². The molecule has 1 N–H and O–H groups in total. The molecule has 1 fully saturated rings. The van der Waals surface area contributed by atoms with E-state index in [1.807, 2.05) is 12.1 Å². The first-order valence-corrected chi connectivity index (χ1v) is 8.14. The summed E-state index contributed by atoms with van der Waals surface area (Å²) < 4.78 is 5.44. The van der Waals surface area contributed by atoms with Crippen molar-refractivity contribution < 1.29 is 14.3 Å². The van der Waals surface area contributed by atoms with Crippen LogP contribution in [-0.2, 0) is 11.3 Å². The second kappa shape index (κ2) is 7.64. The Morgan fingerprint density at radius 3 is 2.81 bits per heavy atom. The van der Waals surface area contributed by atoms with Gasteiger partial charge in [0.2, 0.25) is 0 Å². The van der Waals surface area contributed by atoms with E-state index in [-0.39, 0.29) is 12.0 Å². The SMILES string of the molecule is CCCC1CCC(C(=O)O)C(N(CC)Cc2ccco2)C1. The molecule has 21 heavy (non-hydrogen) atoms. The molecule has 1 aliphatic rings. The van der Waals surface area contributed by atoms with Gasteiger partial charge in [-0.05, 0) is 43.9 Å². The van der Waals surface area contributed by atoms with Crippen molar-refractivity contribution in [2.45, 2.75) is 58.5 Å². The first kappa shape index (κ1) is 16.1. The largest absolute Gasteiger partial charge is 0.481 e. The van der Waals surface area contributed by atoms with Gasteiger partial charge >= 0.3 is 5.97 Å². The predicted molar refractivity (Wildman–Crippen MR) is 82.0 cm³/mol. The van der Waals surface area contributed by atoms with E-state index >= 15 is 0 Å². The molecule has 2 rings (SSSR count). The Labute approximate surface area is 127 Å². The highest BCUT2D eigenvalue weighted by molar-refractivity contribution is 5.71. The number of carbonyl (C=O) groups is 1. The van der Waals surface area contributed by atoms with Gasteiger partial charge in [0, 0.05) is 6.04 Å². The van der Waals surface area contributed by atoms with Gasteiger partial charge < -0.3 is 9.52 Å². The highest BCUT2D eigenvalue weighted by Gasteiger charge is 2.37. The van der Waals surface area contributed by atoms with E-state index in [9.17, 15) is 9.90 Å². The monoisotopic (exact) mass is 293 g/mol. The Morgan fingerprint density at radius 2 is 2.24 bits per heavy atom. The number of furan rings is 1. The predicted octanol–water partition coefficient (Wildman–Crippen LogP) is 3.77. The third-order valence-electron chi connectivity index (χ3n) is 4.75. The summed E-state index contributed by atoms with van der Waals surface area (Å²) in [5.74, 6) is 0.695. The molecule has 1 aromatic heterocycles. The highest BCUT2D eigenvalue weighted by Crippen LogP contribution is 2.35. The van der Waals surface area contributed by atoms with E-state index in [0.717, 1.165) is 31.6 Å². The molecule has 3 atom stereocenters. The average Bonchev–Trinajstić information content (AvgIpc) is 2.97. The molecule has 0 aromatic carbocycles. The smallest absolute Gasteiger partial charge is 0.308 e. The van der Waals surface area contributed by atoms with E-state index in [2.05, 4.69) is 18.7 Å². The molecule has 118 valence electrons. The van der Waals surface area contributed by atoms with Gasteiger partial charge in [-0.25, -0.2) is 0 Å². The Morgan fingerprint density at radius 1 is 1.43 bits per heavy atom. The summed E-state index contributed by atoms with van der Waals surface area (Å²) in [6, 6.07) is 3.98. The number of aliphatic carboxylic acids is 1. The zero-order valence-corrected chi connectivity index (χ0v) is 13.1. The van der Waals surface area contributed by atoms with E-state index < -0.39 is 5.97 Å². The molecule has 0 saturated heterocycles. The molecule has 3 unspecified atom stereocenters. The summed E-state index contributed by atoms with van der Waals surface area (Å²) in [5, 5.41) is 9.55. The molecule has 0 amide bonds. The lowest BCUT2D eigenvalue weighted by atomic mass is 9.76. The lowest BCUT2D eigenvalue weighted by Crippen LogP contribution is -2.46. The molecule has 0 radical (unpaired) electrons. The van der Waals surface area contributed by atoms with Crippen LogP contribution in [0.15, 0.2) is 22.8 Å². The van der Waals surface area contributed by atoms with Crippen molar-refractivity contribution in [2.75, 3.05) is 6.54 Å². The molecule has 1 aliphatic carbocycles. The third kappa shape index (κ3) is 4.10. The normalized spacial score (nSPS) is 26.1. The number of hydrogen-bond donors (Lipinski definition) is 1. The standard InChI is InChI=1S/C17H27NO3/c1-3-6-13-8-9-15(17(19)20)16(11-13)18(4-2)12-14-7-5-10-21-14/h5,7,10,13,15-16H,3-4,6,8-9,11-12H2,1-2H3,(H,19,20). The van der Waals surface area contributed by atoms with Crippen LogP contribution in [0.3, 0.4) is 0 Å². The Kier molecular flexibility index (Phi) is 5.85. The molecular weight excluding hydrogens is 266 g/mol. The molecule has 4 nitrogen and oxygen atoms in total. The third-order valence-corrected chi connectivity index (χ3v) is 4.75. The summed E-state index contributed by atoms with van der Waals surface area (Å²) in [6.07, 6.45) is 6.93. The number of hydrogen-bond acceptors (Lipinski definition) is 3. The minimum absolute atomic E-state index is 0.128. The van der Waals surface area contributed by atoms with Crippen molar-refractivity contribution in [1.29, 1.82) is 0 Å². The fourth-order valence-corrected chi connectivity index (χ4v) is 3.66. The first-order chi connectivity index (χ1) is 10.2. The van der Waals surface area contributed by atoms with Crippen LogP contribution in [0.4, 0.5) is 0 Å². The maximum atomic E-state index is 11.6. The quantitative estimate of drug-likeness (QED) is 0.831. The molecule has 0 spiro atoms. The van der Waals surface area contributed by atoms with E-state index in [1.165, 1.54) is 12.8 Å². The summed E-state index contributed by atoms with van der Waals surface area (Å²) >= 11 is 0. The Hall–Kier alpha value is -1.29. The van der Waals surface area contributed by atoms with Crippen molar-refractivity contribution in [3.05, 3.63) is 24.2 Å². The fourth-order valence-electron chi connectivity index (χ4n) is 3.66. The molecule has 0 aliphatic heterocycles. The molecule has 1 aromatic rings. The van der Waals surface area contributed by atoms with Crippen LogP contribution in [-0.4, -0.2) is 28.6 Å². The second-order valence-electron chi connectivity index (χ2n) is 6.12. The van der Waals surface area contributed by atoms with Gasteiger partial charge in [-0.3, -0.25) is 9.69 Å². The Balaban J connectivity index is 2.10. The fraction of sp³-hybridized carbons (Fsp3) is 0.706. The number of rotatable bonds is 7. The highest BCUT2D eigenvalue weighted by atomic mass is 16.4. The number of carboxylic acids is 1. The van der Waals surface area contributed by atoms with Gasteiger partial charge in [0.1, 0.15) is 5.76 Å². The number of carboxylic acid groups (broad SMARTS) is 1. The van der Waals surface area contributed by atoms with Gasteiger partial charge in [0.05, 0.1) is 18.7 Å². The van der Waals surface area contributed by atoms with Gasteiger partial charge in [0.15, 0.2) is 0 Å². The zero-order valence-electron chi connectivity index (χ0n) is 13.1. The molecule has 0 bridgehead atoms. The van der Waals surface area contributed by atoms with Crippen molar-refractivity contribution in [3.8, 4) is 0 Å². The minimum Gasteiger partial charge on any atom is -0.481 e. The van der Waals surface area contributed by atoms with Gasteiger partial charge in [0.25, 0.3) is 0 Å². The van der Waals surface area contributed by atoms with Crippen molar-refractivity contribution >= 4 is 5.97 Å². The van der Waals surface area contributed by atoms with E-state index in [1.54, 1.807) is 6.26 Å². The van der Waals surface area contributed by atoms with Crippen LogP contribution in [0.5, 0.6) is 0 Å². The lowest BCUT2D eigenvalue weighted by Gasteiger charge is -2.40. The van der Waals surface area contributed by atoms with Crippen molar-refractivity contribution in [3.63, 3.8) is 0 Å². The molecular formula is C17H27NO3. The van der Waals surface area contributed by atoms with Gasteiger partial charge in [-0.1, -0.05) is 26.7 Å². The van der Waals surface area contributed by atoms with Crippen LogP contribution in [0.2, 0.25) is 0 Å². The Bertz CT molecular complexity index is 429. The van der Waals surface area contributed by atoms with Crippen LogP contribution in [0, 0.1) is 11.8 Å². The molecule has 1 saturated carbocycles. The molecule has 1 heterocycles. The average molecular weight is 293 g/mol. The lowest BCUT2D eigenvalue weighted by molar-refractivity contribution is -0.146. The van der Waals surface area contributed by atoms with E-state index in [0.29, 0.717) is 12.5 Å². The summed E-state index contributed by atoms with van der Waals surface area (Å²) in [6.45, 7) is 5.87. The van der Waals surface area contributed by atoms with Crippen LogP contribution in [0.1, 0.15) is 51.7 Å². The first-order valence-electron chi connectivity index (χ1n) is 8.14. The summed E-state index contributed by atoms with van der Waals surface area (Å²) in [7, 11) is 0. The number of nitrogens with zero attached hydrogens (tertiary/aromatic N) is 1. The van der Waals surface area contributed by atoms with E-state index in [4.69, 9.17) is 4.42 Å². The van der Waals surface area contributed by atoms with Crippen LogP contribution in [0.25, 0.3) is 0 Å². The molecule has 4 heteroatoms. The second-order valence-corrected chi connectivity index (χ2v) is 6.12.